The van der Waals surface area contributed by atoms with Crippen molar-refractivity contribution < 1.29 is 0 Å². The van der Waals surface area contributed by atoms with Gasteiger partial charge in [-0.05, 0) is 76.2 Å². The molecule has 16 heavy (non-hydrogen) atoms. The maximum Gasteiger partial charge on any atom is -0.00156 e. The van der Waals surface area contributed by atoms with Gasteiger partial charge in [0.15, 0.2) is 0 Å². The maximum absolute atomic E-state index is 3.46. The van der Waals surface area contributed by atoms with Crippen LogP contribution in [0.4, 0.5) is 0 Å². The van der Waals surface area contributed by atoms with E-state index in [0.717, 1.165) is 17.8 Å². The van der Waals surface area contributed by atoms with Crippen molar-refractivity contribution in [1.82, 2.24) is 10.2 Å². The van der Waals surface area contributed by atoms with Gasteiger partial charge < -0.3 is 10.2 Å². The van der Waals surface area contributed by atoms with Crippen LogP contribution < -0.4 is 5.32 Å². The largest absolute Gasteiger partial charge is 0.316 e. The van der Waals surface area contributed by atoms with Crippen LogP contribution in [0.3, 0.4) is 0 Å². The van der Waals surface area contributed by atoms with Crippen molar-refractivity contribution >= 4 is 0 Å². The molecule has 0 aliphatic carbocycles. The minimum Gasteiger partial charge on any atom is -0.316 e. The third-order valence-electron chi connectivity index (χ3n) is 4.59. The highest BCUT2D eigenvalue weighted by Gasteiger charge is 2.22. The normalized spacial score (nSPS) is 29.1. The lowest BCUT2D eigenvalue weighted by Crippen LogP contribution is -2.36. The molecule has 2 heterocycles. The predicted octanol–water partition coefficient (Wildman–Crippen LogP) is 2.35. The summed E-state index contributed by atoms with van der Waals surface area (Å²) in [6.07, 6.45) is 5.68. The van der Waals surface area contributed by atoms with Crippen molar-refractivity contribution in [3.63, 3.8) is 0 Å². The highest BCUT2D eigenvalue weighted by Crippen LogP contribution is 2.25. The molecule has 2 aliphatic heterocycles. The summed E-state index contributed by atoms with van der Waals surface area (Å²) < 4.78 is 0. The zero-order valence-corrected chi connectivity index (χ0v) is 11.0. The van der Waals surface area contributed by atoms with Crippen LogP contribution in [0, 0.1) is 17.8 Å². The fraction of sp³-hybridized carbons (Fsp3) is 1.00. The van der Waals surface area contributed by atoms with E-state index in [1.54, 1.807) is 0 Å². The number of piperidine rings is 1. The van der Waals surface area contributed by atoms with E-state index in [1.165, 1.54) is 58.4 Å². The summed E-state index contributed by atoms with van der Waals surface area (Å²) in [5.74, 6) is 2.84. The fourth-order valence-corrected chi connectivity index (χ4v) is 3.17. The molecular formula is C14H28N2. The van der Waals surface area contributed by atoms with Gasteiger partial charge in [0.05, 0.1) is 0 Å². The number of rotatable bonds is 4. The van der Waals surface area contributed by atoms with Crippen molar-refractivity contribution in [3.8, 4) is 0 Å². The summed E-state index contributed by atoms with van der Waals surface area (Å²) in [5.41, 5.74) is 0. The highest BCUT2D eigenvalue weighted by molar-refractivity contribution is 4.77. The molecule has 0 amide bonds. The molecule has 0 aromatic heterocycles. The number of likely N-dealkylation sites (tertiary alicyclic amines) is 1. The van der Waals surface area contributed by atoms with Gasteiger partial charge in [-0.1, -0.05) is 13.8 Å². The summed E-state index contributed by atoms with van der Waals surface area (Å²) in [6, 6.07) is 0. The molecule has 2 fully saturated rings. The summed E-state index contributed by atoms with van der Waals surface area (Å²) in [5, 5.41) is 3.46. The zero-order chi connectivity index (χ0) is 11.4. The Morgan fingerprint density at radius 2 is 1.94 bits per heavy atom. The summed E-state index contributed by atoms with van der Waals surface area (Å²) >= 11 is 0. The Morgan fingerprint density at radius 1 is 1.19 bits per heavy atom. The van der Waals surface area contributed by atoms with Gasteiger partial charge in [0, 0.05) is 0 Å². The van der Waals surface area contributed by atoms with E-state index >= 15 is 0 Å². The van der Waals surface area contributed by atoms with Crippen LogP contribution in [0.25, 0.3) is 0 Å². The molecule has 1 unspecified atom stereocenters. The fourth-order valence-electron chi connectivity index (χ4n) is 3.17. The van der Waals surface area contributed by atoms with E-state index in [1.807, 2.05) is 0 Å². The molecule has 0 saturated carbocycles. The van der Waals surface area contributed by atoms with E-state index in [-0.39, 0.29) is 0 Å². The van der Waals surface area contributed by atoms with Crippen molar-refractivity contribution in [2.24, 2.45) is 17.8 Å². The van der Waals surface area contributed by atoms with Crippen LogP contribution >= 0.6 is 0 Å². The van der Waals surface area contributed by atoms with Crippen molar-refractivity contribution in [3.05, 3.63) is 0 Å². The molecule has 1 N–H and O–H groups in total. The molecule has 0 spiro atoms. The maximum atomic E-state index is 3.46. The molecule has 2 aliphatic rings. The van der Waals surface area contributed by atoms with Crippen molar-refractivity contribution in [2.75, 3.05) is 32.7 Å². The first-order chi connectivity index (χ1) is 7.75. The molecule has 0 bridgehead atoms. The van der Waals surface area contributed by atoms with Gasteiger partial charge in [0.25, 0.3) is 0 Å². The molecule has 94 valence electrons. The third kappa shape index (κ3) is 3.46. The molecule has 0 aromatic rings. The van der Waals surface area contributed by atoms with Crippen molar-refractivity contribution in [2.45, 2.75) is 39.5 Å². The average molecular weight is 224 g/mol. The third-order valence-corrected chi connectivity index (χ3v) is 4.59. The van der Waals surface area contributed by atoms with E-state index in [9.17, 15) is 0 Å². The van der Waals surface area contributed by atoms with Crippen LogP contribution in [0.2, 0.25) is 0 Å². The van der Waals surface area contributed by atoms with Gasteiger partial charge in [0.1, 0.15) is 0 Å². The van der Waals surface area contributed by atoms with Crippen LogP contribution in [-0.2, 0) is 0 Å². The molecule has 2 rings (SSSR count). The minimum absolute atomic E-state index is 0.890. The Balaban J connectivity index is 1.61. The van der Waals surface area contributed by atoms with Gasteiger partial charge in [-0.2, -0.15) is 0 Å². The molecule has 1 atom stereocenters. The van der Waals surface area contributed by atoms with E-state index in [4.69, 9.17) is 0 Å². The molecular weight excluding hydrogens is 196 g/mol. The number of hydrogen-bond acceptors (Lipinski definition) is 2. The second kappa shape index (κ2) is 6.02. The Kier molecular flexibility index (Phi) is 4.66. The van der Waals surface area contributed by atoms with Crippen LogP contribution in [0.1, 0.15) is 39.5 Å². The Bertz CT molecular complexity index is 189. The minimum atomic E-state index is 0.890. The van der Waals surface area contributed by atoms with Gasteiger partial charge in [-0.3, -0.25) is 0 Å². The molecule has 2 heteroatoms. The number of nitrogens with one attached hydrogen (secondary N) is 1. The molecule has 0 radical (unpaired) electrons. The molecule has 0 aromatic carbocycles. The monoisotopic (exact) mass is 224 g/mol. The summed E-state index contributed by atoms with van der Waals surface area (Å²) in [6.45, 7) is 11.3. The average Bonchev–Trinajstić information content (AvgIpc) is 2.80. The Labute approximate surface area is 101 Å². The lowest BCUT2D eigenvalue weighted by molar-refractivity contribution is 0.151. The van der Waals surface area contributed by atoms with Gasteiger partial charge in [-0.25, -0.2) is 0 Å². The van der Waals surface area contributed by atoms with Crippen LogP contribution in [0.15, 0.2) is 0 Å². The van der Waals surface area contributed by atoms with Gasteiger partial charge >= 0.3 is 0 Å². The first-order valence-corrected chi connectivity index (χ1v) is 7.19. The second-order valence-electron chi connectivity index (χ2n) is 6.07. The lowest BCUT2D eigenvalue weighted by atomic mass is 9.86. The molecule has 2 saturated heterocycles. The quantitative estimate of drug-likeness (QED) is 0.788. The Morgan fingerprint density at radius 3 is 2.50 bits per heavy atom. The first-order valence-electron chi connectivity index (χ1n) is 7.19. The lowest BCUT2D eigenvalue weighted by Gasteiger charge is -2.34. The summed E-state index contributed by atoms with van der Waals surface area (Å²) in [4.78, 5) is 2.69. The van der Waals surface area contributed by atoms with Crippen molar-refractivity contribution in [1.29, 1.82) is 0 Å². The topological polar surface area (TPSA) is 15.3 Å². The van der Waals surface area contributed by atoms with Crippen LogP contribution in [0.5, 0.6) is 0 Å². The van der Waals surface area contributed by atoms with E-state index in [0.29, 0.717) is 0 Å². The smallest absolute Gasteiger partial charge is 0.00156 e. The molecule has 2 nitrogen and oxygen atoms in total. The predicted molar refractivity (Wildman–Crippen MR) is 69.6 cm³/mol. The standard InChI is InChI=1S/C14H28N2/c1-12(2)14-5-9-16(10-6-14)8-4-13-3-7-15-11-13/h12-15H,3-11H2,1-2H3. The highest BCUT2D eigenvalue weighted by atomic mass is 15.1. The second-order valence-corrected chi connectivity index (χ2v) is 6.07. The summed E-state index contributed by atoms with van der Waals surface area (Å²) in [7, 11) is 0. The SMILES string of the molecule is CC(C)C1CCN(CCC2CCNC2)CC1. The first kappa shape index (κ1) is 12.4. The Hall–Kier alpha value is -0.0800. The zero-order valence-electron chi connectivity index (χ0n) is 11.0. The van der Waals surface area contributed by atoms with Gasteiger partial charge in [-0.15, -0.1) is 0 Å². The van der Waals surface area contributed by atoms with E-state index < -0.39 is 0 Å². The van der Waals surface area contributed by atoms with Gasteiger partial charge in [0.2, 0.25) is 0 Å². The van der Waals surface area contributed by atoms with Crippen LogP contribution in [-0.4, -0.2) is 37.6 Å². The van der Waals surface area contributed by atoms with E-state index in [2.05, 4.69) is 24.1 Å². The number of hydrogen-bond donors (Lipinski definition) is 1. The number of nitrogens with zero attached hydrogens (tertiary/aromatic N) is 1.